The van der Waals surface area contributed by atoms with Crippen LogP contribution in [0.4, 0.5) is 0 Å². The van der Waals surface area contributed by atoms with Crippen LogP contribution in [0.1, 0.15) is 13.3 Å². The van der Waals surface area contributed by atoms with E-state index in [0.29, 0.717) is 0 Å². The normalized spacial score (nSPS) is 18.9. The summed E-state index contributed by atoms with van der Waals surface area (Å²) in [4.78, 5) is 2.36. The van der Waals surface area contributed by atoms with E-state index in [1.807, 2.05) is 6.92 Å². The quantitative estimate of drug-likeness (QED) is 0.402. The molecule has 3 N–H and O–H groups in total. The van der Waals surface area contributed by atoms with Crippen molar-refractivity contribution in [2.24, 2.45) is 10.8 Å². The molecule has 1 heterocycles. The average Bonchev–Trinajstić information content (AvgIpc) is 2.25. The van der Waals surface area contributed by atoms with Crippen LogP contribution in [0.25, 0.3) is 0 Å². The molecule has 86 valence electrons. The molecule has 0 spiro atoms. The van der Waals surface area contributed by atoms with Crippen LogP contribution in [0.3, 0.4) is 0 Å². The standard InChI is InChI=1S/C9H18N4OS/c1-8(11-12-9(10)15)2-3-13-4-6-14-7-5-13/h2-7H2,1H3,(H3,10,12,15)/b11-8+. The number of nitrogens with one attached hydrogen (secondary N) is 1. The Labute approximate surface area is 95.6 Å². The van der Waals surface area contributed by atoms with Crippen molar-refractivity contribution in [2.45, 2.75) is 13.3 Å². The van der Waals surface area contributed by atoms with Gasteiger partial charge in [-0.25, -0.2) is 0 Å². The van der Waals surface area contributed by atoms with Gasteiger partial charge >= 0.3 is 0 Å². The van der Waals surface area contributed by atoms with Crippen LogP contribution >= 0.6 is 12.2 Å². The van der Waals surface area contributed by atoms with Gasteiger partial charge in [-0.05, 0) is 25.6 Å². The van der Waals surface area contributed by atoms with Gasteiger partial charge in [0.2, 0.25) is 0 Å². The van der Waals surface area contributed by atoms with E-state index in [4.69, 9.17) is 10.5 Å². The van der Waals surface area contributed by atoms with E-state index in [9.17, 15) is 0 Å². The topological polar surface area (TPSA) is 62.9 Å². The van der Waals surface area contributed by atoms with E-state index < -0.39 is 0 Å². The van der Waals surface area contributed by atoms with Crippen molar-refractivity contribution in [2.75, 3.05) is 32.8 Å². The number of thiocarbonyl (C=S) groups is 1. The largest absolute Gasteiger partial charge is 0.379 e. The van der Waals surface area contributed by atoms with E-state index in [-0.39, 0.29) is 5.11 Å². The number of hydrogen-bond donors (Lipinski definition) is 2. The lowest BCUT2D eigenvalue weighted by atomic mass is 10.2. The molecule has 0 saturated carbocycles. The Bertz CT molecular complexity index is 238. The summed E-state index contributed by atoms with van der Waals surface area (Å²) < 4.78 is 5.27. The number of ether oxygens (including phenoxy) is 1. The summed E-state index contributed by atoms with van der Waals surface area (Å²) in [6.45, 7) is 6.66. The van der Waals surface area contributed by atoms with Crippen LogP contribution in [0.15, 0.2) is 5.10 Å². The predicted molar refractivity (Wildman–Crippen MR) is 64.9 cm³/mol. The van der Waals surface area contributed by atoms with Crippen molar-refractivity contribution in [3.05, 3.63) is 0 Å². The number of rotatable bonds is 4. The summed E-state index contributed by atoms with van der Waals surface area (Å²) in [5.74, 6) is 0. The smallest absolute Gasteiger partial charge is 0.184 e. The highest BCUT2D eigenvalue weighted by Gasteiger charge is 2.09. The second-order valence-corrected chi connectivity index (χ2v) is 3.97. The second-order valence-electron chi connectivity index (χ2n) is 3.53. The first kappa shape index (κ1) is 12.4. The third-order valence-electron chi connectivity index (χ3n) is 2.25. The molecule has 5 nitrogen and oxygen atoms in total. The predicted octanol–water partition coefficient (Wildman–Crippen LogP) is -0.0822. The molecule has 0 aliphatic carbocycles. The Hall–Kier alpha value is -0.720. The fourth-order valence-electron chi connectivity index (χ4n) is 1.35. The number of morpholine rings is 1. The molecule has 0 amide bonds. The van der Waals surface area contributed by atoms with Crippen molar-refractivity contribution in [1.82, 2.24) is 10.3 Å². The molecule has 6 heteroatoms. The maximum atomic E-state index is 5.27. The van der Waals surface area contributed by atoms with Gasteiger partial charge in [-0.3, -0.25) is 10.3 Å². The summed E-state index contributed by atoms with van der Waals surface area (Å²) in [5.41, 5.74) is 8.86. The molecule has 1 aliphatic rings. The van der Waals surface area contributed by atoms with Crippen molar-refractivity contribution in [3.63, 3.8) is 0 Å². The first-order chi connectivity index (χ1) is 7.18. The van der Waals surface area contributed by atoms with Gasteiger partial charge < -0.3 is 10.5 Å². The lowest BCUT2D eigenvalue weighted by Gasteiger charge is -2.26. The monoisotopic (exact) mass is 230 g/mol. The van der Waals surface area contributed by atoms with Crippen LogP contribution < -0.4 is 11.2 Å². The number of nitrogens with zero attached hydrogens (tertiary/aromatic N) is 2. The fourth-order valence-corrected chi connectivity index (χ4v) is 1.40. The van der Waals surface area contributed by atoms with E-state index in [1.165, 1.54) is 0 Å². The van der Waals surface area contributed by atoms with Gasteiger partial charge in [0, 0.05) is 25.3 Å². The molecule has 1 rings (SSSR count). The average molecular weight is 230 g/mol. The molecular weight excluding hydrogens is 212 g/mol. The fraction of sp³-hybridized carbons (Fsp3) is 0.778. The number of hydrazone groups is 1. The van der Waals surface area contributed by atoms with Crippen molar-refractivity contribution < 1.29 is 4.74 Å². The van der Waals surface area contributed by atoms with E-state index in [2.05, 4.69) is 27.6 Å². The number of hydrogen-bond acceptors (Lipinski definition) is 4. The van der Waals surface area contributed by atoms with Gasteiger partial charge in [0.1, 0.15) is 0 Å². The van der Waals surface area contributed by atoms with E-state index >= 15 is 0 Å². The van der Waals surface area contributed by atoms with Gasteiger partial charge in [-0.2, -0.15) is 5.10 Å². The summed E-state index contributed by atoms with van der Waals surface area (Å²) in [5, 5.41) is 4.26. The van der Waals surface area contributed by atoms with Crippen LogP contribution in [0, 0.1) is 0 Å². The zero-order valence-electron chi connectivity index (χ0n) is 9.03. The molecule has 0 aromatic rings. The van der Waals surface area contributed by atoms with E-state index in [1.54, 1.807) is 0 Å². The van der Waals surface area contributed by atoms with Gasteiger partial charge in [0.15, 0.2) is 5.11 Å². The minimum Gasteiger partial charge on any atom is -0.379 e. The maximum Gasteiger partial charge on any atom is 0.184 e. The Morgan fingerprint density at radius 3 is 2.80 bits per heavy atom. The highest BCUT2D eigenvalue weighted by Crippen LogP contribution is 1.98. The zero-order valence-corrected chi connectivity index (χ0v) is 9.85. The summed E-state index contributed by atoms with van der Waals surface area (Å²) in [6, 6.07) is 0. The maximum absolute atomic E-state index is 5.27. The lowest BCUT2D eigenvalue weighted by molar-refractivity contribution is 0.0392. The van der Waals surface area contributed by atoms with E-state index in [0.717, 1.165) is 45.0 Å². The molecule has 0 aromatic carbocycles. The number of nitrogens with two attached hydrogens (primary N) is 1. The third kappa shape index (κ3) is 5.66. The van der Waals surface area contributed by atoms with Gasteiger partial charge in [-0.1, -0.05) is 0 Å². The Morgan fingerprint density at radius 2 is 2.20 bits per heavy atom. The summed E-state index contributed by atoms with van der Waals surface area (Å²) >= 11 is 4.66. The Morgan fingerprint density at radius 1 is 1.53 bits per heavy atom. The van der Waals surface area contributed by atoms with Crippen LogP contribution in [-0.2, 0) is 4.74 Å². The highest BCUT2D eigenvalue weighted by atomic mass is 32.1. The van der Waals surface area contributed by atoms with Gasteiger partial charge in [0.25, 0.3) is 0 Å². The van der Waals surface area contributed by atoms with Crippen molar-refractivity contribution in [3.8, 4) is 0 Å². The molecule has 0 aromatic heterocycles. The Balaban J connectivity index is 2.17. The van der Waals surface area contributed by atoms with Crippen LogP contribution in [0.5, 0.6) is 0 Å². The third-order valence-corrected chi connectivity index (χ3v) is 2.34. The van der Waals surface area contributed by atoms with Crippen molar-refractivity contribution >= 4 is 23.0 Å². The highest BCUT2D eigenvalue weighted by molar-refractivity contribution is 7.80. The second kappa shape index (κ2) is 6.71. The van der Waals surface area contributed by atoms with Crippen LogP contribution in [0.2, 0.25) is 0 Å². The van der Waals surface area contributed by atoms with Gasteiger partial charge in [-0.15, -0.1) is 0 Å². The summed E-state index contributed by atoms with van der Waals surface area (Å²) in [6.07, 6.45) is 0.926. The molecule has 0 radical (unpaired) electrons. The molecule has 1 saturated heterocycles. The minimum absolute atomic E-state index is 0.209. The Kier molecular flexibility index (Phi) is 5.52. The molecule has 15 heavy (non-hydrogen) atoms. The SMILES string of the molecule is C/C(CCN1CCOCC1)=N\NC(N)=S. The van der Waals surface area contributed by atoms with Gasteiger partial charge in [0.05, 0.1) is 13.2 Å². The first-order valence-electron chi connectivity index (χ1n) is 5.07. The molecule has 0 unspecified atom stereocenters. The van der Waals surface area contributed by atoms with Crippen LogP contribution in [-0.4, -0.2) is 48.6 Å². The summed E-state index contributed by atoms with van der Waals surface area (Å²) in [7, 11) is 0. The first-order valence-corrected chi connectivity index (χ1v) is 5.48. The van der Waals surface area contributed by atoms with Crippen molar-refractivity contribution in [1.29, 1.82) is 0 Å². The molecular formula is C9H18N4OS. The molecule has 1 fully saturated rings. The lowest BCUT2D eigenvalue weighted by Crippen LogP contribution is -2.37. The zero-order chi connectivity index (χ0) is 11.1. The molecule has 0 bridgehead atoms. The minimum atomic E-state index is 0.209. The molecule has 1 aliphatic heterocycles. The molecule has 0 atom stereocenters.